The van der Waals surface area contributed by atoms with Crippen LogP contribution in [0.5, 0.6) is 0 Å². The molecule has 0 spiro atoms. The molecule has 0 aliphatic rings. The topological polar surface area (TPSA) is 59.8 Å². The Morgan fingerprint density at radius 1 is 1.11 bits per heavy atom. The largest absolute Gasteiger partial charge is 0.349 e. The fourth-order valence-corrected chi connectivity index (χ4v) is 3.59. The molecule has 0 aliphatic carbocycles. The molecule has 1 unspecified atom stereocenters. The number of hydrogen-bond donors (Lipinski definition) is 1. The van der Waals surface area contributed by atoms with Crippen LogP contribution in [0.4, 0.5) is 0 Å². The summed E-state index contributed by atoms with van der Waals surface area (Å²) < 4.78 is 1.92. The average molecular weight is 381 g/mol. The molecular weight excluding hydrogens is 356 g/mol. The highest BCUT2D eigenvalue weighted by molar-refractivity contribution is 7.99. The molecule has 2 aromatic carbocycles. The number of hydrogen-bond acceptors (Lipinski definition) is 4. The summed E-state index contributed by atoms with van der Waals surface area (Å²) >= 11 is 1.39. The van der Waals surface area contributed by atoms with Gasteiger partial charge in [0, 0.05) is 0 Å². The van der Waals surface area contributed by atoms with E-state index in [4.69, 9.17) is 0 Å². The van der Waals surface area contributed by atoms with Gasteiger partial charge in [-0.05, 0) is 56.0 Å². The minimum atomic E-state index is -0.0355. The highest BCUT2D eigenvalue weighted by Gasteiger charge is 2.14. The number of carbonyl (C=O) groups excluding carboxylic acids is 1. The van der Waals surface area contributed by atoms with Gasteiger partial charge < -0.3 is 5.32 Å². The van der Waals surface area contributed by atoms with E-state index >= 15 is 0 Å². The minimum absolute atomic E-state index is 0.0231. The number of nitrogens with one attached hydrogen (secondary N) is 1. The van der Waals surface area contributed by atoms with Gasteiger partial charge in [0.2, 0.25) is 5.91 Å². The van der Waals surface area contributed by atoms with E-state index in [1.165, 1.54) is 22.9 Å². The van der Waals surface area contributed by atoms with Gasteiger partial charge in [0.25, 0.3) is 0 Å². The summed E-state index contributed by atoms with van der Waals surface area (Å²) in [6, 6.07) is 14.3. The second-order valence-corrected chi connectivity index (χ2v) is 7.63. The molecule has 1 atom stereocenters. The van der Waals surface area contributed by atoms with Crippen LogP contribution in [-0.2, 0) is 4.79 Å². The fraction of sp³-hybridized carbons (Fsp3) is 0.286. The smallest absolute Gasteiger partial charge is 0.230 e. The number of thioether (sulfide) groups is 1. The van der Waals surface area contributed by atoms with E-state index in [9.17, 15) is 4.79 Å². The molecule has 1 heterocycles. The third-order valence-electron chi connectivity index (χ3n) is 4.63. The van der Waals surface area contributed by atoms with Gasteiger partial charge in [-0.1, -0.05) is 48.2 Å². The van der Waals surface area contributed by atoms with Crippen molar-refractivity contribution in [3.63, 3.8) is 0 Å². The first-order valence-electron chi connectivity index (χ1n) is 8.91. The summed E-state index contributed by atoms with van der Waals surface area (Å²) in [5.74, 6) is 0.268. The normalized spacial score (nSPS) is 12.0. The van der Waals surface area contributed by atoms with Gasteiger partial charge in [-0.3, -0.25) is 9.36 Å². The number of benzene rings is 2. The Morgan fingerprint density at radius 3 is 2.63 bits per heavy atom. The van der Waals surface area contributed by atoms with E-state index in [-0.39, 0.29) is 11.9 Å². The van der Waals surface area contributed by atoms with E-state index in [2.05, 4.69) is 47.6 Å². The summed E-state index contributed by atoms with van der Waals surface area (Å²) in [6.45, 7) is 8.22. The number of aryl methyl sites for hydroxylation is 3. The van der Waals surface area contributed by atoms with Crippen molar-refractivity contribution in [2.75, 3.05) is 5.75 Å². The highest BCUT2D eigenvalue weighted by atomic mass is 32.2. The van der Waals surface area contributed by atoms with Crippen LogP contribution in [0.15, 0.2) is 53.9 Å². The summed E-state index contributed by atoms with van der Waals surface area (Å²) in [5, 5.41) is 11.9. The van der Waals surface area contributed by atoms with Crippen molar-refractivity contribution < 1.29 is 4.79 Å². The first-order valence-corrected chi connectivity index (χ1v) is 9.89. The van der Waals surface area contributed by atoms with Crippen molar-refractivity contribution in [2.45, 2.75) is 38.9 Å². The van der Waals surface area contributed by atoms with Crippen LogP contribution in [0, 0.1) is 20.8 Å². The van der Waals surface area contributed by atoms with E-state index in [0.29, 0.717) is 10.9 Å². The molecule has 1 N–H and O–H groups in total. The van der Waals surface area contributed by atoms with Crippen LogP contribution in [0.25, 0.3) is 5.69 Å². The van der Waals surface area contributed by atoms with Crippen LogP contribution in [0.1, 0.15) is 35.2 Å². The van der Waals surface area contributed by atoms with Crippen LogP contribution in [0.3, 0.4) is 0 Å². The molecule has 3 aromatic rings. The van der Waals surface area contributed by atoms with Gasteiger partial charge in [0.15, 0.2) is 5.16 Å². The Kier molecular flexibility index (Phi) is 5.96. The molecule has 140 valence electrons. The Labute approximate surface area is 164 Å². The van der Waals surface area contributed by atoms with E-state index in [1.54, 1.807) is 6.33 Å². The Balaban J connectivity index is 1.62. The molecule has 0 radical (unpaired) electrons. The van der Waals surface area contributed by atoms with Crippen molar-refractivity contribution in [1.29, 1.82) is 0 Å². The third-order valence-corrected chi connectivity index (χ3v) is 5.58. The third kappa shape index (κ3) is 4.57. The molecule has 1 aromatic heterocycles. The molecule has 0 saturated carbocycles. The summed E-state index contributed by atoms with van der Waals surface area (Å²) in [7, 11) is 0. The summed E-state index contributed by atoms with van der Waals surface area (Å²) in [5.41, 5.74) is 5.75. The number of rotatable bonds is 6. The maximum atomic E-state index is 12.4. The van der Waals surface area contributed by atoms with Crippen LogP contribution < -0.4 is 5.32 Å². The predicted molar refractivity (Wildman–Crippen MR) is 109 cm³/mol. The van der Waals surface area contributed by atoms with Gasteiger partial charge in [-0.25, -0.2) is 0 Å². The highest BCUT2D eigenvalue weighted by Crippen LogP contribution is 2.22. The molecule has 3 rings (SSSR count). The Morgan fingerprint density at radius 2 is 1.89 bits per heavy atom. The first-order chi connectivity index (χ1) is 13.0. The van der Waals surface area contributed by atoms with Crippen molar-refractivity contribution in [3.05, 3.63) is 71.0 Å². The second-order valence-electron chi connectivity index (χ2n) is 6.69. The number of aromatic nitrogens is 3. The Bertz CT molecular complexity index is 951. The monoisotopic (exact) mass is 380 g/mol. The standard InChI is InChI=1S/C21H24N4OS/c1-14-9-10-18(11-16(14)3)17(4)23-20(26)12-27-21-24-22-13-25(21)19-8-6-5-7-15(19)2/h5-11,13,17H,12H2,1-4H3,(H,23,26). The van der Waals surface area contributed by atoms with Gasteiger partial charge in [-0.2, -0.15) is 0 Å². The lowest BCUT2D eigenvalue weighted by Crippen LogP contribution is -2.28. The second kappa shape index (κ2) is 8.39. The fourth-order valence-electron chi connectivity index (χ4n) is 2.85. The van der Waals surface area contributed by atoms with E-state index in [1.807, 2.05) is 42.7 Å². The van der Waals surface area contributed by atoms with Crippen molar-refractivity contribution >= 4 is 17.7 Å². The predicted octanol–water partition coefficient (Wildman–Crippen LogP) is 4.16. The molecule has 0 aliphatic heterocycles. The zero-order chi connectivity index (χ0) is 19.4. The van der Waals surface area contributed by atoms with Crippen LogP contribution in [0.2, 0.25) is 0 Å². The lowest BCUT2D eigenvalue weighted by atomic mass is 10.0. The van der Waals surface area contributed by atoms with Crippen molar-refractivity contribution in [3.8, 4) is 5.69 Å². The van der Waals surface area contributed by atoms with Crippen LogP contribution in [-0.4, -0.2) is 26.4 Å². The quantitative estimate of drug-likeness (QED) is 0.652. The SMILES string of the molecule is Cc1ccc(C(C)NC(=O)CSc2nncn2-c2ccccc2C)cc1C. The lowest BCUT2D eigenvalue weighted by molar-refractivity contribution is -0.119. The van der Waals surface area contributed by atoms with Gasteiger partial charge >= 0.3 is 0 Å². The maximum Gasteiger partial charge on any atom is 0.230 e. The summed E-state index contributed by atoms with van der Waals surface area (Å²) in [6.07, 6.45) is 1.68. The molecule has 0 bridgehead atoms. The van der Waals surface area contributed by atoms with E-state index in [0.717, 1.165) is 16.8 Å². The Hall–Kier alpha value is -2.60. The summed E-state index contributed by atoms with van der Waals surface area (Å²) in [4.78, 5) is 12.4. The molecule has 0 saturated heterocycles. The number of nitrogens with zero attached hydrogens (tertiary/aromatic N) is 3. The number of amides is 1. The molecule has 6 heteroatoms. The van der Waals surface area contributed by atoms with Gasteiger partial charge in [-0.15, -0.1) is 10.2 Å². The molecule has 0 fully saturated rings. The van der Waals surface area contributed by atoms with Gasteiger partial charge in [0.1, 0.15) is 6.33 Å². The van der Waals surface area contributed by atoms with Gasteiger partial charge in [0.05, 0.1) is 17.5 Å². The number of para-hydroxylation sites is 1. The molecule has 1 amide bonds. The van der Waals surface area contributed by atoms with Crippen molar-refractivity contribution in [1.82, 2.24) is 20.1 Å². The molecular formula is C21H24N4OS. The lowest BCUT2D eigenvalue weighted by Gasteiger charge is -2.15. The zero-order valence-electron chi connectivity index (χ0n) is 16.1. The first kappa shape index (κ1) is 19.2. The number of carbonyl (C=O) groups is 1. The minimum Gasteiger partial charge on any atom is -0.349 e. The van der Waals surface area contributed by atoms with Crippen LogP contribution >= 0.6 is 11.8 Å². The average Bonchev–Trinajstić information content (AvgIpc) is 3.11. The molecule has 5 nitrogen and oxygen atoms in total. The van der Waals surface area contributed by atoms with E-state index < -0.39 is 0 Å². The molecule has 27 heavy (non-hydrogen) atoms. The zero-order valence-corrected chi connectivity index (χ0v) is 16.9. The maximum absolute atomic E-state index is 12.4. The van der Waals surface area contributed by atoms with Crippen molar-refractivity contribution in [2.24, 2.45) is 0 Å².